The third-order valence-electron chi connectivity index (χ3n) is 4.20. The minimum atomic E-state index is -3.59. The summed E-state index contributed by atoms with van der Waals surface area (Å²) in [6.07, 6.45) is 0. The van der Waals surface area contributed by atoms with Crippen molar-refractivity contribution in [2.75, 3.05) is 31.1 Å². The van der Waals surface area contributed by atoms with E-state index >= 15 is 0 Å². The SMILES string of the molecule is Cc1ccc(Cl)cc1N1CCN(S(=O)(=O)c2ccc(F)cc2)CC1. The van der Waals surface area contributed by atoms with E-state index in [-0.39, 0.29) is 4.90 Å². The molecule has 0 saturated carbocycles. The molecule has 7 heteroatoms. The average molecular weight is 369 g/mol. The van der Waals surface area contributed by atoms with Gasteiger partial charge in [0.05, 0.1) is 4.90 Å². The van der Waals surface area contributed by atoms with Crippen LogP contribution in [-0.4, -0.2) is 38.9 Å². The largest absolute Gasteiger partial charge is 0.369 e. The van der Waals surface area contributed by atoms with Gasteiger partial charge < -0.3 is 4.90 Å². The average Bonchev–Trinajstić information content (AvgIpc) is 2.57. The lowest BCUT2D eigenvalue weighted by atomic mass is 10.1. The zero-order chi connectivity index (χ0) is 17.3. The van der Waals surface area contributed by atoms with Gasteiger partial charge in [0.25, 0.3) is 0 Å². The van der Waals surface area contributed by atoms with Crippen LogP contribution in [0.4, 0.5) is 10.1 Å². The number of sulfonamides is 1. The van der Waals surface area contributed by atoms with Gasteiger partial charge in [0, 0.05) is 36.9 Å². The second kappa shape index (κ2) is 6.70. The van der Waals surface area contributed by atoms with Crippen LogP contribution in [0.15, 0.2) is 47.4 Å². The highest BCUT2D eigenvalue weighted by molar-refractivity contribution is 7.89. The first-order valence-electron chi connectivity index (χ1n) is 7.65. The fraction of sp³-hybridized carbons (Fsp3) is 0.294. The Labute approximate surface area is 146 Å². The van der Waals surface area contributed by atoms with Crippen LogP contribution >= 0.6 is 11.6 Å². The first-order valence-corrected chi connectivity index (χ1v) is 9.46. The van der Waals surface area contributed by atoms with Gasteiger partial charge in [0.2, 0.25) is 10.0 Å². The zero-order valence-electron chi connectivity index (χ0n) is 13.2. The zero-order valence-corrected chi connectivity index (χ0v) is 14.8. The Bertz CT molecular complexity index is 832. The second-order valence-electron chi connectivity index (χ2n) is 5.78. The summed E-state index contributed by atoms with van der Waals surface area (Å²) in [6.45, 7) is 3.94. The highest BCUT2D eigenvalue weighted by Crippen LogP contribution is 2.26. The Kier molecular flexibility index (Phi) is 4.80. The molecule has 3 rings (SSSR count). The van der Waals surface area contributed by atoms with Crippen LogP contribution in [0.3, 0.4) is 0 Å². The predicted octanol–water partition coefficient (Wildman–Crippen LogP) is 3.30. The maximum atomic E-state index is 13.0. The molecule has 1 aliphatic heterocycles. The van der Waals surface area contributed by atoms with E-state index in [1.54, 1.807) is 0 Å². The van der Waals surface area contributed by atoms with Crippen LogP contribution in [0.25, 0.3) is 0 Å². The van der Waals surface area contributed by atoms with Crippen LogP contribution in [0.5, 0.6) is 0 Å². The molecular formula is C17H18ClFN2O2S. The Hall–Kier alpha value is -1.63. The molecular weight excluding hydrogens is 351 g/mol. The number of hydrogen-bond acceptors (Lipinski definition) is 3. The van der Waals surface area contributed by atoms with E-state index in [2.05, 4.69) is 4.90 Å². The fourth-order valence-corrected chi connectivity index (χ4v) is 4.44. The van der Waals surface area contributed by atoms with E-state index in [1.807, 2.05) is 25.1 Å². The molecule has 0 bridgehead atoms. The molecule has 4 nitrogen and oxygen atoms in total. The van der Waals surface area contributed by atoms with Crippen molar-refractivity contribution in [3.8, 4) is 0 Å². The molecule has 2 aromatic carbocycles. The van der Waals surface area contributed by atoms with Gasteiger partial charge in [-0.15, -0.1) is 0 Å². The second-order valence-corrected chi connectivity index (χ2v) is 8.15. The van der Waals surface area contributed by atoms with Crippen molar-refractivity contribution in [3.05, 3.63) is 58.9 Å². The number of piperazine rings is 1. The van der Waals surface area contributed by atoms with Crippen molar-refractivity contribution >= 4 is 27.3 Å². The Balaban J connectivity index is 1.75. The van der Waals surface area contributed by atoms with E-state index in [0.29, 0.717) is 31.2 Å². The molecule has 0 amide bonds. The first-order chi connectivity index (χ1) is 11.4. The third kappa shape index (κ3) is 3.41. The maximum Gasteiger partial charge on any atom is 0.243 e. The number of rotatable bonds is 3. The summed E-state index contributed by atoms with van der Waals surface area (Å²) in [5, 5.41) is 0.664. The lowest BCUT2D eigenvalue weighted by Crippen LogP contribution is -2.48. The topological polar surface area (TPSA) is 40.6 Å². The molecule has 1 aliphatic rings. The lowest BCUT2D eigenvalue weighted by molar-refractivity contribution is 0.384. The molecule has 2 aromatic rings. The van der Waals surface area contributed by atoms with E-state index in [1.165, 1.54) is 28.6 Å². The van der Waals surface area contributed by atoms with Gasteiger partial charge in [-0.2, -0.15) is 4.31 Å². The summed E-state index contributed by atoms with van der Waals surface area (Å²) < 4.78 is 39.7. The molecule has 1 saturated heterocycles. The van der Waals surface area contributed by atoms with Crippen molar-refractivity contribution in [3.63, 3.8) is 0 Å². The Morgan fingerprint density at radius 3 is 2.25 bits per heavy atom. The van der Waals surface area contributed by atoms with Gasteiger partial charge in [-0.1, -0.05) is 17.7 Å². The molecule has 0 atom stereocenters. The van der Waals surface area contributed by atoms with E-state index in [0.717, 1.165) is 11.3 Å². The van der Waals surface area contributed by atoms with Crippen molar-refractivity contribution in [2.24, 2.45) is 0 Å². The lowest BCUT2D eigenvalue weighted by Gasteiger charge is -2.36. The van der Waals surface area contributed by atoms with Gasteiger partial charge in [0.15, 0.2) is 0 Å². The number of anilines is 1. The summed E-state index contributed by atoms with van der Waals surface area (Å²) >= 11 is 6.07. The minimum absolute atomic E-state index is 0.122. The van der Waals surface area contributed by atoms with E-state index in [4.69, 9.17) is 11.6 Å². The molecule has 1 fully saturated rings. The van der Waals surface area contributed by atoms with E-state index in [9.17, 15) is 12.8 Å². The summed E-state index contributed by atoms with van der Waals surface area (Å²) in [5.41, 5.74) is 2.13. The first kappa shape index (κ1) is 17.2. The fourth-order valence-electron chi connectivity index (χ4n) is 2.85. The number of halogens is 2. The Morgan fingerprint density at radius 2 is 1.62 bits per heavy atom. The smallest absolute Gasteiger partial charge is 0.243 e. The quantitative estimate of drug-likeness (QED) is 0.834. The molecule has 1 heterocycles. The normalized spacial score (nSPS) is 16.4. The van der Waals surface area contributed by atoms with Gasteiger partial charge in [0.1, 0.15) is 5.82 Å². The van der Waals surface area contributed by atoms with Crippen LogP contribution in [0, 0.1) is 12.7 Å². The van der Waals surface area contributed by atoms with Crippen molar-refractivity contribution < 1.29 is 12.8 Å². The van der Waals surface area contributed by atoms with Crippen LogP contribution in [0.1, 0.15) is 5.56 Å². The van der Waals surface area contributed by atoms with E-state index < -0.39 is 15.8 Å². The number of benzene rings is 2. The maximum absolute atomic E-state index is 13.0. The molecule has 0 aliphatic carbocycles. The van der Waals surface area contributed by atoms with Crippen LogP contribution in [-0.2, 0) is 10.0 Å². The monoisotopic (exact) mass is 368 g/mol. The predicted molar refractivity (Wildman–Crippen MR) is 93.6 cm³/mol. The number of nitrogens with zero attached hydrogens (tertiary/aromatic N) is 2. The molecule has 24 heavy (non-hydrogen) atoms. The molecule has 0 spiro atoms. The summed E-state index contributed by atoms with van der Waals surface area (Å²) in [6, 6.07) is 10.6. The van der Waals surface area contributed by atoms with Gasteiger partial charge in [-0.3, -0.25) is 0 Å². The van der Waals surface area contributed by atoms with Gasteiger partial charge in [-0.05, 0) is 48.9 Å². The van der Waals surface area contributed by atoms with Gasteiger partial charge in [-0.25, -0.2) is 12.8 Å². The van der Waals surface area contributed by atoms with Crippen molar-refractivity contribution in [1.29, 1.82) is 0 Å². The highest BCUT2D eigenvalue weighted by atomic mass is 35.5. The summed E-state index contributed by atoms with van der Waals surface area (Å²) in [7, 11) is -3.59. The molecule has 0 unspecified atom stereocenters. The molecule has 128 valence electrons. The molecule has 0 N–H and O–H groups in total. The number of hydrogen-bond donors (Lipinski definition) is 0. The van der Waals surface area contributed by atoms with Gasteiger partial charge >= 0.3 is 0 Å². The highest BCUT2D eigenvalue weighted by Gasteiger charge is 2.29. The van der Waals surface area contributed by atoms with Crippen molar-refractivity contribution in [2.45, 2.75) is 11.8 Å². The standard InChI is InChI=1S/C17H18ClFN2O2S/c1-13-2-3-14(18)12-17(13)20-8-10-21(11-9-20)24(22,23)16-6-4-15(19)5-7-16/h2-7,12H,8-11H2,1H3. The summed E-state index contributed by atoms with van der Waals surface area (Å²) in [4.78, 5) is 2.26. The Morgan fingerprint density at radius 1 is 1.00 bits per heavy atom. The minimum Gasteiger partial charge on any atom is -0.369 e. The van der Waals surface area contributed by atoms with Crippen LogP contribution < -0.4 is 4.90 Å². The molecule has 0 aromatic heterocycles. The number of aryl methyl sites for hydroxylation is 1. The molecule has 0 radical (unpaired) electrons. The third-order valence-corrected chi connectivity index (χ3v) is 6.35. The van der Waals surface area contributed by atoms with Crippen LogP contribution in [0.2, 0.25) is 5.02 Å². The summed E-state index contributed by atoms with van der Waals surface area (Å²) in [5.74, 6) is -0.449. The van der Waals surface area contributed by atoms with Crippen molar-refractivity contribution in [1.82, 2.24) is 4.31 Å².